The largest absolute Gasteiger partial charge is 0.382 e. The van der Waals surface area contributed by atoms with Gasteiger partial charge in [0.1, 0.15) is 0 Å². The molecule has 3 heteroatoms. The molecule has 0 spiro atoms. The van der Waals surface area contributed by atoms with Gasteiger partial charge in [0, 0.05) is 17.3 Å². The van der Waals surface area contributed by atoms with E-state index in [-0.39, 0.29) is 0 Å². The van der Waals surface area contributed by atoms with E-state index in [9.17, 15) is 0 Å². The van der Waals surface area contributed by atoms with Gasteiger partial charge in [-0.05, 0) is 74.7 Å². The fourth-order valence-electron chi connectivity index (χ4n) is 3.56. The van der Waals surface area contributed by atoms with Gasteiger partial charge in [0.05, 0.1) is 5.02 Å². The average molecular weight is 333 g/mol. The van der Waals surface area contributed by atoms with Crippen LogP contribution in [-0.4, -0.2) is 19.1 Å². The Balaban J connectivity index is 1.97. The number of piperidine rings is 1. The average Bonchev–Trinajstić information content (AvgIpc) is 2.52. The minimum absolute atomic E-state index is 0.536. The molecule has 2 aliphatic rings. The lowest BCUT2D eigenvalue weighted by Gasteiger charge is -2.32. The van der Waals surface area contributed by atoms with Crippen LogP contribution in [0, 0.1) is 0 Å². The van der Waals surface area contributed by atoms with Crippen LogP contribution < -0.4 is 10.6 Å². The van der Waals surface area contributed by atoms with Crippen molar-refractivity contribution >= 4 is 17.3 Å². The first-order valence-corrected chi connectivity index (χ1v) is 9.56. The topological polar surface area (TPSA) is 24.1 Å². The minimum Gasteiger partial charge on any atom is -0.382 e. The minimum atomic E-state index is 0.536. The molecule has 0 aromatic heterocycles. The van der Waals surface area contributed by atoms with Gasteiger partial charge in [0.25, 0.3) is 0 Å². The highest BCUT2D eigenvalue weighted by Gasteiger charge is 2.24. The van der Waals surface area contributed by atoms with Gasteiger partial charge in [-0.3, -0.25) is 0 Å². The molecule has 0 bridgehead atoms. The van der Waals surface area contributed by atoms with Crippen molar-refractivity contribution in [2.45, 2.75) is 64.3 Å². The lowest BCUT2D eigenvalue weighted by Crippen LogP contribution is -2.39. The summed E-state index contributed by atoms with van der Waals surface area (Å²) in [5.41, 5.74) is 5.60. The number of benzene rings is 1. The molecule has 0 amide bonds. The molecular weight excluding hydrogens is 304 g/mol. The van der Waals surface area contributed by atoms with E-state index in [4.69, 9.17) is 11.6 Å². The highest BCUT2D eigenvalue weighted by molar-refractivity contribution is 6.32. The van der Waals surface area contributed by atoms with Crippen molar-refractivity contribution in [3.05, 3.63) is 39.9 Å². The van der Waals surface area contributed by atoms with Gasteiger partial charge in [0.15, 0.2) is 0 Å². The Morgan fingerprint density at radius 3 is 2.65 bits per heavy atom. The van der Waals surface area contributed by atoms with Crippen LogP contribution in [0.5, 0.6) is 0 Å². The number of allylic oxidation sites excluding steroid dienone is 1. The third-order valence-electron chi connectivity index (χ3n) is 5.44. The monoisotopic (exact) mass is 332 g/mol. The Morgan fingerprint density at radius 1 is 1.30 bits per heavy atom. The number of hydrogen-bond donors (Lipinski definition) is 2. The molecule has 1 aromatic carbocycles. The zero-order chi connectivity index (χ0) is 16.2. The van der Waals surface area contributed by atoms with Gasteiger partial charge in [-0.2, -0.15) is 0 Å². The number of hydrogen-bond acceptors (Lipinski definition) is 2. The van der Waals surface area contributed by atoms with Crippen molar-refractivity contribution in [1.82, 2.24) is 10.6 Å². The molecule has 1 heterocycles. The van der Waals surface area contributed by atoms with E-state index in [0.717, 1.165) is 24.5 Å². The standard InChI is InChI=1S/C20H29ClN2/c1-3-14(2)17-8-5-9-18(21)19(17)20(15-6-4-7-15)23-16-10-12-22-13-11-16/h5,8-9,14,16,22-23H,3-4,6-7,10-13H2,1-2H3. The zero-order valence-corrected chi connectivity index (χ0v) is 15.2. The van der Waals surface area contributed by atoms with Crippen LogP contribution in [0.2, 0.25) is 5.02 Å². The Morgan fingerprint density at radius 2 is 2.04 bits per heavy atom. The maximum Gasteiger partial charge on any atom is 0.0501 e. The van der Waals surface area contributed by atoms with E-state index in [1.165, 1.54) is 48.9 Å². The molecule has 2 nitrogen and oxygen atoms in total. The molecule has 2 fully saturated rings. The van der Waals surface area contributed by atoms with E-state index in [1.54, 1.807) is 5.57 Å². The molecule has 23 heavy (non-hydrogen) atoms. The Labute approximate surface area is 145 Å². The van der Waals surface area contributed by atoms with Crippen molar-refractivity contribution in [3.8, 4) is 0 Å². The van der Waals surface area contributed by atoms with E-state index >= 15 is 0 Å². The first kappa shape index (κ1) is 16.9. The predicted molar refractivity (Wildman–Crippen MR) is 100.0 cm³/mol. The summed E-state index contributed by atoms with van der Waals surface area (Å²) in [5, 5.41) is 8.24. The summed E-state index contributed by atoms with van der Waals surface area (Å²) in [6, 6.07) is 6.98. The first-order chi connectivity index (χ1) is 11.2. The second-order valence-electron chi connectivity index (χ2n) is 7.01. The Hall–Kier alpha value is -0.990. The van der Waals surface area contributed by atoms with Crippen molar-refractivity contribution in [2.75, 3.05) is 13.1 Å². The molecule has 126 valence electrons. The van der Waals surface area contributed by atoms with Crippen LogP contribution in [-0.2, 0) is 0 Å². The summed E-state index contributed by atoms with van der Waals surface area (Å²) in [5.74, 6) is 0.536. The fraction of sp³-hybridized carbons (Fsp3) is 0.600. The van der Waals surface area contributed by atoms with Crippen LogP contribution in [0.4, 0.5) is 0 Å². The van der Waals surface area contributed by atoms with Gasteiger partial charge < -0.3 is 10.6 Å². The van der Waals surface area contributed by atoms with Crippen molar-refractivity contribution in [2.24, 2.45) is 0 Å². The molecule has 2 N–H and O–H groups in total. The third-order valence-corrected chi connectivity index (χ3v) is 5.75. The molecule has 1 aromatic rings. The summed E-state index contributed by atoms with van der Waals surface area (Å²) in [7, 11) is 0. The predicted octanol–water partition coefficient (Wildman–Crippen LogP) is 5.09. The second kappa shape index (κ2) is 7.72. The molecule has 0 radical (unpaired) electrons. The number of halogens is 1. The van der Waals surface area contributed by atoms with Gasteiger partial charge >= 0.3 is 0 Å². The van der Waals surface area contributed by atoms with Gasteiger partial charge in [-0.25, -0.2) is 0 Å². The normalized spacial score (nSPS) is 20.0. The lowest BCUT2D eigenvalue weighted by molar-refractivity contribution is 0.422. The van der Waals surface area contributed by atoms with Crippen LogP contribution in [0.1, 0.15) is 69.4 Å². The van der Waals surface area contributed by atoms with Crippen molar-refractivity contribution in [1.29, 1.82) is 0 Å². The summed E-state index contributed by atoms with van der Waals surface area (Å²) in [4.78, 5) is 0. The van der Waals surface area contributed by atoms with E-state index in [2.05, 4.69) is 36.6 Å². The van der Waals surface area contributed by atoms with E-state index in [1.807, 2.05) is 6.07 Å². The van der Waals surface area contributed by atoms with E-state index < -0.39 is 0 Å². The van der Waals surface area contributed by atoms with Gasteiger partial charge in [-0.15, -0.1) is 0 Å². The highest BCUT2D eigenvalue weighted by Crippen LogP contribution is 2.39. The smallest absolute Gasteiger partial charge is 0.0501 e. The maximum atomic E-state index is 6.68. The number of nitrogens with one attached hydrogen (secondary N) is 2. The van der Waals surface area contributed by atoms with Crippen LogP contribution in [0.25, 0.3) is 5.70 Å². The summed E-state index contributed by atoms with van der Waals surface area (Å²) >= 11 is 6.68. The molecule has 1 saturated carbocycles. The van der Waals surface area contributed by atoms with Crippen LogP contribution in [0.3, 0.4) is 0 Å². The maximum absolute atomic E-state index is 6.68. The molecule has 1 aliphatic heterocycles. The highest BCUT2D eigenvalue weighted by atomic mass is 35.5. The van der Waals surface area contributed by atoms with E-state index in [0.29, 0.717) is 12.0 Å². The molecular formula is C20H29ClN2. The van der Waals surface area contributed by atoms with Crippen LogP contribution in [0.15, 0.2) is 23.8 Å². The first-order valence-electron chi connectivity index (χ1n) is 9.18. The van der Waals surface area contributed by atoms with Crippen molar-refractivity contribution in [3.63, 3.8) is 0 Å². The zero-order valence-electron chi connectivity index (χ0n) is 14.4. The summed E-state index contributed by atoms with van der Waals surface area (Å²) < 4.78 is 0. The van der Waals surface area contributed by atoms with Crippen molar-refractivity contribution < 1.29 is 0 Å². The quantitative estimate of drug-likeness (QED) is 0.784. The molecule has 1 aliphatic carbocycles. The van der Waals surface area contributed by atoms with Gasteiger partial charge in [-0.1, -0.05) is 37.6 Å². The Bertz CT molecular complexity index is 567. The lowest BCUT2D eigenvalue weighted by atomic mass is 9.84. The molecule has 1 unspecified atom stereocenters. The summed E-state index contributed by atoms with van der Waals surface area (Å²) in [6.45, 7) is 6.79. The molecule has 3 rings (SSSR count). The summed E-state index contributed by atoms with van der Waals surface area (Å²) in [6.07, 6.45) is 7.29. The second-order valence-corrected chi connectivity index (χ2v) is 7.42. The SMILES string of the molecule is CCC(C)c1cccc(Cl)c1C(NC1CCNCC1)=C1CCC1. The fourth-order valence-corrected chi connectivity index (χ4v) is 3.84. The third kappa shape index (κ3) is 3.75. The van der Waals surface area contributed by atoms with Gasteiger partial charge in [0.2, 0.25) is 0 Å². The number of rotatable bonds is 5. The molecule has 1 saturated heterocycles. The van der Waals surface area contributed by atoms with Crippen LogP contribution >= 0.6 is 11.6 Å². The Kier molecular flexibility index (Phi) is 5.66. The molecule has 1 atom stereocenters.